The average molecular weight is 362 g/mol. The molecule has 2 aromatic heterocycles. The number of aromatic nitrogens is 3. The van der Waals surface area contributed by atoms with Crippen molar-refractivity contribution in [2.45, 2.75) is 20.4 Å². The van der Waals surface area contributed by atoms with Gasteiger partial charge in [-0.1, -0.05) is 24.3 Å². The second kappa shape index (κ2) is 8.31. The lowest BCUT2D eigenvalue weighted by atomic mass is 10.2. The van der Waals surface area contributed by atoms with Gasteiger partial charge in [0.05, 0.1) is 18.5 Å². The number of rotatable bonds is 6. The highest BCUT2D eigenvalue weighted by molar-refractivity contribution is 5.92. The minimum absolute atomic E-state index is 0.169. The highest BCUT2D eigenvalue weighted by Gasteiger charge is 2.10. The van der Waals surface area contributed by atoms with Gasteiger partial charge in [-0.2, -0.15) is 5.10 Å². The number of nitrogens with one attached hydrogen (secondary N) is 1. The van der Waals surface area contributed by atoms with Crippen LogP contribution in [0, 0.1) is 13.8 Å². The summed E-state index contributed by atoms with van der Waals surface area (Å²) >= 11 is 0. The van der Waals surface area contributed by atoms with E-state index in [0.717, 1.165) is 28.2 Å². The van der Waals surface area contributed by atoms with Crippen LogP contribution in [-0.4, -0.2) is 27.8 Å². The van der Waals surface area contributed by atoms with Crippen molar-refractivity contribution in [1.82, 2.24) is 20.1 Å². The molecule has 3 rings (SSSR count). The summed E-state index contributed by atoms with van der Waals surface area (Å²) in [5.74, 6) is 0.378. The van der Waals surface area contributed by atoms with Crippen LogP contribution in [0.5, 0.6) is 5.88 Å². The molecule has 0 radical (unpaired) electrons. The van der Waals surface area contributed by atoms with Gasteiger partial charge in [-0.05, 0) is 37.6 Å². The normalized spacial score (nSPS) is 10.9. The molecule has 2 heterocycles. The molecule has 6 heteroatoms. The summed E-state index contributed by atoms with van der Waals surface area (Å²) < 4.78 is 6.91. The first kappa shape index (κ1) is 18.4. The van der Waals surface area contributed by atoms with Crippen LogP contribution in [0.4, 0.5) is 0 Å². The molecule has 0 saturated heterocycles. The molecule has 0 fully saturated rings. The van der Waals surface area contributed by atoms with E-state index >= 15 is 0 Å². The highest BCUT2D eigenvalue weighted by atomic mass is 16.5. The number of aryl methyl sites for hydroxylation is 1. The van der Waals surface area contributed by atoms with Crippen LogP contribution in [0.1, 0.15) is 22.5 Å². The quantitative estimate of drug-likeness (QED) is 0.684. The monoisotopic (exact) mass is 362 g/mol. The number of ether oxygens (including phenoxy) is 1. The maximum Gasteiger partial charge on any atom is 0.244 e. The molecule has 0 aliphatic rings. The highest BCUT2D eigenvalue weighted by Crippen LogP contribution is 2.19. The largest absolute Gasteiger partial charge is 0.481 e. The minimum Gasteiger partial charge on any atom is -0.481 e. The lowest BCUT2D eigenvalue weighted by Crippen LogP contribution is -2.20. The standard InChI is InChI=1S/C21H22N4O2/c1-15-19(16(2)25(24-15)18-7-5-4-6-8-18)10-11-20(26)22-13-17-9-12-21(27-3)23-14-17/h4-12,14H,13H2,1-3H3,(H,22,26). The maximum atomic E-state index is 12.1. The Kier molecular flexibility index (Phi) is 5.66. The predicted molar refractivity (Wildman–Crippen MR) is 105 cm³/mol. The molecule has 0 unspecified atom stereocenters. The van der Waals surface area contributed by atoms with Gasteiger partial charge in [-0.15, -0.1) is 0 Å². The van der Waals surface area contributed by atoms with Crippen molar-refractivity contribution in [3.63, 3.8) is 0 Å². The van der Waals surface area contributed by atoms with Crippen LogP contribution in [-0.2, 0) is 11.3 Å². The molecule has 1 amide bonds. The van der Waals surface area contributed by atoms with Crippen LogP contribution in [0.25, 0.3) is 11.8 Å². The van der Waals surface area contributed by atoms with E-state index in [1.165, 1.54) is 6.08 Å². The molecular weight excluding hydrogens is 340 g/mol. The fourth-order valence-corrected chi connectivity index (χ4v) is 2.76. The van der Waals surface area contributed by atoms with Crippen molar-refractivity contribution < 1.29 is 9.53 Å². The Hall–Kier alpha value is -3.41. The average Bonchev–Trinajstić information content (AvgIpc) is 2.99. The van der Waals surface area contributed by atoms with Crippen molar-refractivity contribution in [3.8, 4) is 11.6 Å². The van der Waals surface area contributed by atoms with Gasteiger partial charge in [0.25, 0.3) is 0 Å². The summed E-state index contributed by atoms with van der Waals surface area (Å²) in [5.41, 5.74) is 4.71. The Balaban J connectivity index is 1.66. The summed E-state index contributed by atoms with van der Waals surface area (Å²) in [7, 11) is 1.57. The number of carbonyl (C=O) groups excluding carboxylic acids is 1. The predicted octanol–water partition coefficient (Wildman–Crippen LogP) is 3.22. The van der Waals surface area contributed by atoms with Gasteiger partial charge in [-0.3, -0.25) is 4.79 Å². The molecule has 6 nitrogen and oxygen atoms in total. The number of benzene rings is 1. The second-order valence-corrected chi connectivity index (χ2v) is 6.09. The molecule has 27 heavy (non-hydrogen) atoms. The fraction of sp³-hybridized carbons (Fsp3) is 0.190. The van der Waals surface area contributed by atoms with Crippen LogP contribution in [0.2, 0.25) is 0 Å². The Morgan fingerprint density at radius 1 is 1.19 bits per heavy atom. The number of carbonyl (C=O) groups is 1. The zero-order valence-corrected chi connectivity index (χ0v) is 15.6. The summed E-state index contributed by atoms with van der Waals surface area (Å²) in [6.07, 6.45) is 5.02. The Bertz CT molecular complexity index is 944. The van der Waals surface area contributed by atoms with Crippen LogP contribution in [0.3, 0.4) is 0 Å². The number of amides is 1. The van der Waals surface area contributed by atoms with Crippen molar-refractivity contribution in [2.75, 3.05) is 7.11 Å². The zero-order valence-electron chi connectivity index (χ0n) is 15.6. The molecule has 0 spiro atoms. The van der Waals surface area contributed by atoms with Gasteiger partial charge in [0.15, 0.2) is 0 Å². The van der Waals surface area contributed by atoms with E-state index in [0.29, 0.717) is 12.4 Å². The smallest absolute Gasteiger partial charge is 0.244 e. The molecule has 3 aromatic rings. The molecule has 0 atom stereocenters. The van der Waals surface area contributed by atoms with Gasteiger partial charge < -0.3 is 10.1 Å². The molecule has 0 aliphatic carbocycles. The van der Waals surface area contributed by atoms with Crippen molar-refractivity contribution in [2.24, 2.45) is 0 Å². The Morgan fingerprint density at radius 2 is 1.96 bits per heavy atom. The van der Waals surface area contributed by atoms with Gasteiger partial charge in [0, 0.05) is 36.1 Å². The molecule has 0 bridgehead atoms. The number of hydrogen-bond acceptors (Lipinski definition) is 4. The second-order valence-electron chi connectivity index (χ2n) is 6.09. The topological polar surface area (TPSA) is 69.0 Å². The van der Waals surface area contributed by atoms with Crippen molar-refractivity contribution in [3.05, 3.63) is 77.3 Å². The summed E-state index contributed by atoms with van der Waals surface area (Å²) in [4.78, 5) is 16.3. The van der Waals surface area contributed by atoms with Crippen LogP contribution < -0.4 is 10.1 Å². The maximum absolute atomic E-state index is 12.1. The van der Waals surface area contributed by atoms with Gasteiger partial charge in [0.2, 0.25) is 11.8 Å². The molecule has 0 saturated carbocycles. The Morgan fingerprint density at radius 3 is 2.63 bits per heavy atom. The lowest BCUT2D eigenvalue weighted by molar-refractivity contribution is -0.116. The molecule has 138 valence electrons. The van der Waals surface area contributed by atoms with Gasteiger partial charge in [0.1, 0.15) is 0 Å². The minimum atomic E-state index is -0.169. The van der Waals surface area contributed by atoms with Gasteiger partial charge in [-0.25, -0.2) is 9.67 Å². The zero-order chi connectivity index (χ0) is 19.2. The SMILES string of the molecule is COc1ccc(CNC(=O)C=Cc2c(C)nn(-c3ccccc3)c2C)cn1. The molecular formula is C21H22N4O2. The lowest BCUT2D eigenvalue weighted by Gasteiger charge is -2.04. The van der Waals surface area contributed by atoms with E-state index in [1.54, 1.807) is 25.4 Å². The Labute approximate surface area is 158 Å². The first-order valence-corrected chi connectivity index (χ1v) is 8.65. The van der Waals surface area contributed by atoms with E-state index in [-0.39, 0.29) is 5.91 Å². The first-order valence-electron chi connectivity index (χ1n) is 8.65. The van der Waals surface area contributed by atoms with E-state index < -0.39 is 0 Å². The van der Waals surface area contributed by atoms with Crippen molar-refractivity contribution in [1.29, 1.82) is 0 Å². The molecule has 1 aromatic carbocycles. The summed E-state index contributed by atoms with van der Waals surface area (Å²) in [6, 6.07) is 13.6. The fourth-order valence-electron chi connectivity index (χ4n) is 2.76. The number of methoxy groups -OCH3 is 1. The third kappa shape index (κ3) is 4.41. The third-order valence-corrected chi connectivity index (χ3v) is 4.22. The number of hydrogen-bond donors (Lipinski definition) is 1. The summed E-state index contributed by atoms with van der Waals surface area (Å²) in [6.45, 7) is 4.34. The van der Waals surface area contributed by atoms with Crippen LogP contribution >= 0.6 is 0 Å². The van der Waals surface area contributed by atoms with Crippen LogP contribution in [0.15, 0.2) is 54.7 Å². The van der Waals surface area contributed by atoms with E-state index in [1.807, 2.05) is 54.9 Å². The molecule has 0 aliphatic heterocycles. The third-order valence-electron chi connectivity index (χ3n) is 4.22. The number of para-hydroxylation sites is 1. The number of nitrogens with zero attached hydrogens (tertiary/aromatic N) is 3. The van der Waals surface area contributed by atoms with E-state index in [9.17, 15) is 4.79 Å². The molecule has 1 N–H and O–H groups in total. The summed E-state index contributed by atoms with van der Waals surface area (Å²) in [5, 5.41) is 7.43. The van der Waals surface area contributed by atoms with Crippen molar-refractivity contribution >= 4 is 12.0 Å². The first-order chi connectivity index (χ1) is 13.1. The van der Waals surface area contributed by atoms with E-state index in [2.05, 4.69) is 15.4 Å². The van der Waals surface area contributed by atoms with E-state index in [4.69, 9.17) is 4.74 Å². The number of pyridine rings is 1. The van der Waals surface area contributed by atoms with Gasteiger partial charge >= 0.3 is 0 Å².